The second-order valence-corrected chi connectivity index (χ2v) is 6.64. The highest BCUT2D eigenvalue weighted by atomic mass is 35.5. The maximum Gasteiger partial charge on any atom is 0.314 e. The van der Waals surface area contributed by atoms with Gasteiger partial charge in [-0.3, -0.25) is 9.59 Å². The Hall–Kier alpha value is -1.55. The highest BCUT2D eigenvalue weighted by Crippen LogP contribution is 2.33. The van der Waals surface area contributed by atoms with Crippen LogP contribution in [0.25, 0.3) is 0 Å². The zero-order valence-electron chi connectivity index (χ0n) is 12.7. The van der Waals surface area contributed by atoms with Crippen LogP contribution in [0, 0.1) is 18.8 Å². The molecule has 3 rings (SSSR count). The molecule has 1 aliphatic heterocycles. The first-order valence-corrected chi connectivity index (χ1v) is 8.19. The molecule has 2 fully saturated rings. The number of carbonyl (C=O) groups is 2. The van der Waals surface area contributed by atoms with E-state index in [0.717, 1.165) is 18.4 Å². The van der Waals surface area contributed by atoms with Gasteiger partial charge in [-0.05, 0) is 56.4 Å². The van der Waals surface area contributed by atoms with Crippen LogP contribution in [0.1, 0.15) is 31.2 Å². The van der Waals surface area contributed by atoms with Crippen molar-refractivity contribution in [3.63, 3.8) is 0 Å². The lowest BCUT2D eigenvalue weighted by Gasteiger charge is -2.31. The number of likely N-dealkylation sites (tertiary alicyclic amines) is 1. The fraction of sp³-hybridized carbons (Fsp3) is 0.529. The van der Waals surface area contributed by atoms with Gasteiger partial charge in [0.05, 0.1) is 5.92 Å². The molecule has 0 aromatic heterocycles. The third-order valence-electron chi connectivity index (χ3n) is 4.41. The van der Waals surface area contributed by atoms with Crippen molar-refractivity contribution in [2.24, 2.45) is 11.8 Å². The van der Waals surface area contributed by atoms with E-state index in [4.69, 9.17) is 16.3 Å². The number of nitrogens with zero attached hydrogens (tertiary/aromatic N) is 1. The maximum atomic E-state index is 12.3. The minimum absolute atomic E-state index is 0.127. The van der Waals surface area contributed by atoms with Crippen LogP contribution in [0.2, 0.25) is 5.02 Å². The molecule has 2 aliphatic rings. The molecule has 1 heterocycles. The number of halogens is 1. The van der Waals surface area contributed by atoms with Crippen LogP contribution in [0.5, 0.6) is 5.75 Å². The van der Waals surface area contributed by atoms with Crippen molar-refractivity contribution >= 4 is 23.5 Å². The van der Waals surface area contributed by atoms with E-state index in [1.165, 1.54) is 0 Å². The molecule has 1 aliphatic carbocycles. The Morgan fingerprint density at radius 2 is 1.82 bits per heavy atom. The summed E-state index contributed by atoms with van der Waals surface area (Å²) in [7, 11) is 0. The number of piperidine rings is 1. The highest BCUT2D eigenvalue weighted by Gasteiger charge is 2.36. The molecule has 0 radical (unpaired) electrons. The van der Waals surface area contributed by atoms with Crippen LogP contribution in [-0.2, 0) is 9.59 Å². The lowest BCUT2D eigenvalue weighted by Crippen LogP contribution is -2.41. The maximum absolute atomic E-state index is 12.3. The lowest BCUT2D eigenvalue weighted by atomic mass is 9.96. The van der Waals surface area contributed by atoms with Crippen molar-refractivity contribution in [2.45, 2.75) is 32.6 Å². The molecule has 4 nitrogen and oxygen atoms in total. The topological polar surface area (TPSA) is 46.6 Å². The summed E-state index contributed by atoms with van der Waals surface area (Å²) in [5.74, 6) is 0.744. The normalized spacial score (nSPS) is 19.1. The fourth-order valence-electron chi connectivity index (χ4n) is 2.84. The van der Waals surface area contributed by atoms with E-state index in [9.17, 15) is 9.59 Å². The van der Waals surface area contributed by atoms with Crippen molar-refractivity contribution < 1.29 is 14.3 Å². The zero-order chi connectivity index (χ0) is 15.7. The Balaban J connectivity index is 1.54. The number of ether oxygens (including phenoxy) is 1. The van der Waals surface area contributed by atoms with E-state index in [2.05, 4.69) is 0 Å². The average Bonchev–Trinajstić information content (AvgIpc) is 3.34. The van der Waals surface area contributed by atoms with Gasteiger partial charge in [0.15, 0.2) is 0 Å². The highest BCUT2D eigenvalue weighted by molar-refractivity contribution is 6.30. The number of rotatable bonds is 3. The van der Waals surface area contributed by atoms with Crippen molar-refractivity contribution in [3.05, 3.63) is 28.8 Å². The summed E-state index contributed by atoms with van der Waals surface area (Å²) in [6, 6.07) is 5.22. The Labute approximate surface area is 135 Å². The SMILES string of the molecule is Cc1cc(Cl)ccc1OC(=O)C1CCN(C(=O)C2CC2)CC1. The molecule has 1 aromatic rings. The molecule has 118 valence electrons. The summed E-state index contributed by atoms with van der Waals surface area (Å²) in [4.78, 5) is 26.2. The predicted molar refractivity (Wildman–Crippen MR) is 83.9 cm³/mol. The second-order valence-electron chi connectivity index (χ2n) is 6.20. The van der Waals surface area contributed by atoms with Crippen LogP contribution in [0.15, 0.2) is 18.2 Å². The molecule has 0 unspecified atom stereocenters. The van der Waals surface area contributed by atoms with E-state index in [1.807, 2.05) is 11.8 Å². The van der Waals surface area contributed by atoms with Gasteiger partial charge in [0.2, 0.25) is 5.91 Å². The molecule has 1 amide bonds. The van der Waals surface area contributed by atoms with Gasteiger partial charge in [-0.2, -0.15) is 0 Å². The predicted octanol–water partition coefficient (Wildman–Crippen LogP) is 3.20. The van der Waals surface area contributed by atoms with Crippen LogP contribution < -0.4 is 4.74 Å². The summed E-state index contributed by atoms with van der Waals surface area (Å²) < 4.78 is 5.49. The summed E-state index contributed by atoms with van der Waals surface area (Å²) in [5.41, 5.74) is 0.849. The zero-order valence-corrected chi connectivity index (χ0v) is 13.4. The smallest absolute Gasteiger partial charge is 0.314 e. The summed E-state index contributed by atoms with van der Waals surface area (Å²) in [6.45, 7) is 3.19. The van der Waals surface area contributed by atoms with Crippen molar-refractivity contribution in [1.29, 1.82) is 0 Å². The molecule has 1 saturated heterocycles. The summed E-state index contributed by atoms with van der Waals surface area (Å²) in [5, 5.41) is 0.629. The number of aryl methyl sites for hydroxylation is 1. The van der Waals surface area contributed by atoms with Crippen molar-refractivity contribution in [2.75, 3.05) is 13.1 Å². The third kappa shape index (κ3) is 3.43. The van der Waals surface area contributed by atoms with Gasteiger partial charge >= 0.3 is 5.97 Å². The first-order valence-electron chi connectivity index (χ1n) is 7.81. The lowest BCUT2D eigenvalue weighted by molar-refractivity contribution is -0.143. The minimum atomic E-state index is -0.205. The monoisotopic (exact) mass is 321 g/mol. The van der Waals surface area contributed by atoms with Gasteiger partial charge < -0.3 is 9.64 Å². The van der Waals surface area contributed by atoms with Gasteiger partial charge in [0.1, 0.15) is 5.75 Å². The molecule has 22 heavy (non-hydrogen) atoms. The molecule has 0 N–H and O–H groups in total. The fourth-order valence-corrected chi connectivity index (χ4v) is 3.07. The van der Waals surface area contributed by atoms with E-state index in [0.29, 0.717) is 36.7 Å². The second kappa shape index (κ2) is 6.29. The molecular weight excluding hydrogens is 302 g/mol. The quantitative estimate of drug-likeness (QED) is 0.634. The van der Waals surface area contributed by atoms with Crippen LogP contribution in [-0.4, -0.2) is 29.9 Å². The number of esters is 1. The summed E-state index contributed by atoms with van der Waals surface area (Å²) in [6.07, 6.45) is 3.42. The molecule has 0 atom stereocenters. The van der Waals surface area contributed by atoms with Crippen LogP contribution in [0.3, 0.4) is 0 Å². The molecule has 1 aromatic carbocycles. The first-order chi connectivity index (χ1) is 10.5. The molecule has 0 bridgehead atoms. The van der Waals surface area contributed by atoms with Gasteiger partial charge in [-0.1, -0.05) is 11.6 Å². The Morgan fingerprint density at radius 1 is 1.14 bits per heavy atom. The summed E-state index contributed by atoms with van der Waals surface area (Å²) >= 11 is 5.90. The van der Waals surface area contributed by atoms with E-state index in [-0.39, 0.29) is 23.7 Å². The Morgan fingerprint density at radius 3 is 2.41 bits per heavy atom. The molecular formula is C17H20ClNO3. The first kappa shape index (κ1) is 15.3. The number of hydrogen-bond acceptors (Lipinski definition) is 3. The number of benzene rings is 1. The third-order valence-corrected chi connectivity index (χ3v) is 4.65. The average molecular weight is 322 g/mol. The largest absolute Gasteiger partial charge is 0.426 e. The standard InChI is InChI=1S/C17H20ClNO3/c1-11-10-14(18)4-5-15(11)22-17(21)13-6-8-19(9-7-13)16(20)12-2-3-12/h4-5,10,12-13H,2-3,6-9H2,1H3. The van der Waals surface area contributed by atoms with Gasteiger partial charge in [0, 0.05) is 24.0 Å². The molecule has 1 saturated carbocycles. The van der Waals surface area contributed by atoms with E-state index >= 15 is 0 Å². The molecule has 0 spiro atoms. The van der Waals surface area contributed by atoms with Gasteiger partial charge in [-0.25, -0.2) is 0 Å². The van der Waals surface area contributed by atoms with E-state index < -0.39 is 0 Å². The number of amides is 1. The van der Waals surface area contributed by atoms with Crippen LogP contribution >= 0.6 is 11.6 Å². The van der Waals surface area contributed by atoms with Gasteiger partial charge in [0.25, 0.3) is 0 Å². The number of carbonyl (C=O) groups excluding carboxylic acids is 2. The van der Waals surface area contributed by atoms with Gasteiger partial charge in [-0.15, -0.1) is 0 Å². The minimum Gasteiger partial charge on any atom is -0.426 e. The van der Waals surface area contributed by atoms with E-state index in [1.54, 1.807) is 18.2 Å². The number of hydrogen-bond donors (Lipinski definition) is 0. The van der Waals surface area contributed by atoms with Crippen LogP contribution in [0.4, 0.5) is 0 Å². The van der Waals surface area contributed by atoms with Crippen molar-refractivity contribution in [3.8, 4) is 5.75 Å². The van der Waals surface area contributed by atoms with Crippen molar-refractivity contribution in [1.82, 2.24) is 4.90 Å². The Bertz CT molecular complexity index is 590. The Kier molecular flexibility index (Phi) is 4.39. The molecule has 5 heteroatoms.